The van der Waals surface area contributed by atoms with Crippen LogP contribution in [0.25, 0.3) is 0 Å². The van der Waals surface area contributed by atoms with E-state index >= 15 is 0 Å². The summed E-state index contributed by atoms with van der Waals surface area (Å²) < 4.78 is 0. The van der Waals surface area contributed by atoms with E-state index in [9.17, 15) is 4.79 Å². The first-order valence-corrected chi connectivity index (χ1v) is 7.94. The minimum absolute atomic E-state index is 0.0552. The van der Waals surface area contributed by atoms with Gasteiger partial charge in [0.25, 0.3) is 0 Å². The molecule has 0 radical (unpaired) electrons. The van der Waals surface area contributed by atoms with Gasteiger partial charge in [-0.3, -0.25) is 4.79 Å². The number of carbonyl (C=O) groups excluding carboxylic acids is 1. The van der Waals surface area contributed by atoms with E-state index in [1.165, 1.54) is 32.1 Å². The summed E-state index contributed by atoms with van der Waals surface area (Å²) in [5, 5.41) is 3.27. The second-order valence-electron chi connectivity index (χ2n) is 8.11. The van der Waals surface area contributed by atoms with Crippen molar-refractivity contribution in [1.82, 2.24) is 5.32 Å². The third kappa shape index (κ3) is 2.20. The molecule has 3 aliphatic carbocycles. The molecule has 0 aromatic carbocycles. The van der Waals surface area contributed by atoms with E-state index < -0.39 is 6.04 Å². The Morgan fingerprint density at radius 1 is 1.16 bits per heavy atom. The van der Waals surface area contributed by atoms with Gasteiger partial charge in [-0.2, -0.15) is 0 Å². The van der Waals surface area contributed by atoms with Crippen molar-refractivity contribution in [2.75, 3.05) is 0 Å². The summed E-state index contributed by atoms with van der Waals surface area (Å²) in [5.41, 5.74) is 5.91. The number of rotatable bonds is 2. The van der Waals surface area contributed by atoms with Crippen molar-refractivity contribution < 1.29 is 4.79 Å². The fourth-order valence-electron chi connectivity index (χ4n) is 4.90. The summed E-state index contributed by atoms with van der Waals surface area (Å²) in [4.78, 5) is 12.3. The lowest BCUT2D eigenvalue weighted by Gasteiger charge is -2.34. The molecule has 6 unspecified atom stereocenters. The van der Waals surface area contributed by atoms with E-state index in [0.29, 0.717) is 6.04 Å². The van der Waals surface area contributed by atoms with Crippen LogP contribution in [-0.2, 0) is 4.79 Å². The van der Waals surface area contributed by atoms with E-state index in [0.717, 1.165) is 23.7 Å². The summed E-state index contributed by atoms with van der Waals surface area (Å²) in [6.45, 7) is 6.10. The van der Waals surface area contributed by atoms with Crippen LogP contribution >= 0.6 is 0 Å². The van der Waals surface area contributed by atoms with Crippen molar-refractivity contribution >= 4 is 5.91 Å². The summed E-state index contributed by atoms with van der Waals surface area (Å²) in [6.07, 6.45) is 6.79. The Morgan fingerprint density at radius 2 is 1.84 bits per heavy atom. The number of nitrogens with two attached hydrogens (primary N) is 1. The third-order valence-corrected chi connectivity index (χ3v) is 5.97. The number of fused-ring (bicyclic) bond motifs is 5. The standard InChI is InChI=1S/C16H28N2O/c1-16(2,3)14(17)15(19)18-13-8-9-7-12(13)11-6-4-5-10(9)11/h9-14H,4-8,17H2,1-3H3,(H,18,19). The van der Waals surface area contributed by atoms with Gasteiger partial charge in [0, 0.05) is 6.04 Å². The lowest BCUT2D eigenvalue weighted by Crippen LogP contribution is -2.53. The van der Waals surface area contributed by atoms with Gasteiger partial charge in [-0.05, 0) is 54.8 Å². The smallest absolute Gasteiger partial charge is 0.237 e. The van der Waals surface area contributed by atoms with Gasteiger partial charge in [0.15, 0.2) is 0 Å². The average molecular weight is 264 g/mol. The van der Waals surface area contributed by atoms with E-state index in [1.807, 2.05) is 20.8 Å². The van der Waals surface area contributed by atoms with Gasteiger partial charge in [-0.1, -0.05) is 27.2 Å². The first-order chi connectivity index (χ1) is 8.88. The zero-order valence-electron chi connectivity index (χ0n) is 12.5. The molecule has 0 saturated heterocycles. The minimum atomic E-state index is -0.397. The van der Waals surface area contributed by atoms with Crippen LogP contribution in [0.1, 0.15) is 52.9 Å². The SMILES string of the molecule is CC(C)(C)C(N)C(=O)NC1CC2CC1C1CCCC21. The normalized spacial score (nSPS) is 42.2. The van der Waals surface area contributed by atoms with Gasteiger partial charge in [0.05, 0.1) is 6.04 Å². The summed E-state index contributed by atoms with van der Waals surface area (Å²) >= 11 is 0. The second-order valence-corrected chi connectivity index (χ2v) is 8.11. The Hall–Kier alpha value is -0.570. The van der Waals surface area contributed by atoms with Crippen LogP contribution in [0.3, 0.4) is 0 Å². The molecular weight excluding hydrogens is 236 g/mol. The molecule has 0 aliphatic heterocycles. The van der Waals surface area contributed by atoms with E-state index in [-0.39, 0.29) is 11.3 Å². The van der Waals surface area contributed by atoms with Crippen LogP contribution in [0.15, 0.2) is 0 Å². The lowest BCUT2D eigenvalue weighted by atomic mass is 9.78. The van der Waals surface area contributed by atoms with E-state index in [4.69, 9.17) is 5.73 Å². The molecule has 0 heterocycles. The van der Waals surface area contributed by atoms with Crippen molar-refractivity contribution in [2.24, 2.45) is 34.8 Å². The predicted molar refractivity (Wildman–Crippen MR) is 76.4 cm³/mol. The van der Waals surface area contributed by atoms with Gasteiger partial charge >= 0.3 is 0 Å². The van der Waals surface area contributed by atoms with E-state index in [2.05, 4.69) is 5.32 Å². The second kappa shape index (κ2) is 4.47. The zero-order chi connectivity index (χ0) is 13.8. The number of carbonyl (C=O) groups is 1. The maximum atomic E-state index is 12.3. The van der Waals surface area contributed by atoms with Crippen molar-refractivity contribution in [3.63, 3.8) is 0 Å². The summed E-state index contributed by atoms with van der Waals surface area (Å²) in [7, 11) is 0. The molecule has 3 fully saturated rings. The van der Waals surface area contributed by atoms with Gasteiger partial charge in [0.2, 0.25) is 5.91 Å². The molecule has 3 rings (SSSR count). The van der Waals surface area contributed by atoms with Crippen LogP contribution in [-0.4, -0.2) is 18.0 Å². The number of nitrogens with one attached hydrogen (secondary N) is 1. The quantitative estimate of drug-likeness (QED) is 0.804. The molecule has 2 bridgehead atoms. The summed E-state index contributed by atoms with van der Waals surface area (Å²) in [6, 6.07) is 0.0104. The number of amides is 1. The van der Waals surface area contributed by atoms with Crippen molar-refractivity contribution in [2.45, 2.75) is 65.0 Å². The Bertz CT molecular complexity index is 373. The largest absolute Gasteiger partial charge is 0.352 e. The molecule has 6 atom stereocenters. The molecule has 3 aliphatic rings. The minimum Gasteiger partial charge on any atom is -0.352 e. The first-order valence-electron chi connectivity index (χ1n) is 7.94. The molecule has 0 aromatic heterocycles. The van der Waals surface area contributed by atoms with Crippen molar-refractivity contribution in [3.8, 4) is 0 Å². The van der Waals surface area contributed by atoms with Gasteiger partial charge < -0.3 is 11.1 Å². The van der Waals surface area contributed by atoms with Gasteiger partial charge in [0.1, 0.15) is 0 Å². The van der Waals surface area contributed by atoms with Crippen LogP contribution in [0, 0.1) is 29.1 Å². The highest BCUT2D eigenvalue weighted by Crippen LogP contribution is 2.58. The fraction of sp³-hybridized carbons (Fsp3) is 0.938. The molecule has 0 spiro atoms. The Kier molecular flexibility index (Phi) is 3.16. The highest BCUT2D eigenvalue weighted by molar-refractivity contribution is 5.82. The fourth-order valence-corrected chi connectivity index (χ4v) is 4.90. The molecule has 1 amide bonds. The highest BCUT2D eigenvalue weighted by atomic mass is 16.2. The molecule has 3 nitrogen and oxygen atoms in total. The molecule has 3 saturated carbocycles. The number of hydrogen-bond acceptors (Lipinski definition) is 2. The maximum absolute atomic E-state index is 12.3. The molecule has 3 heteroatoms. The third-order valence-electron chi connectivity index (χ3n) is 5.97. The summed E-state index contributed by atoms with van der Waals surface area (Å²) in [5.74, 6) is 3.56. The molecule has 108 valence electrons. The average Bonchev–Trinajstić information content (AvgIpc) is 2.97. The van der Waals surface area contributed by atoms with Crippen molar-refractivity contribution in [1.29, 1.82) is 0 Å². The van der Waals surface area contributed by atoms with Crippen LogP contribution in [0.2, 0.25) is 0 Å². The Morgan fingerprint density at radius 3 is 2.53 bits per heavy atom. The van der Waals surface area contributed by atoms with Gasteiger partial charge in [-0.15, -0.1) is 0 Å². The monoisotopic (exact) mass is 264 g/mol. The molecule has 0 aromatic rings. The lowest BCUT2D eigenvalue weighted by molar-refractivity contribution is -0.125. The maximum Gasteiger partial charge on any atom is 0.237 e. The first kappa shape index (κ1) is 13.4. The van der Waals surface area contributed by atoms with Gasteiger partial charge in [-0.25, -0.2) is 0 Å². The number of hydrogen-bond donors (Lipinski definition) is 2. The Balaban J connectivity index is 1.62. The predicted octanol–water partition coefficient (Wildman–Crippen LogP) is 2.30. The molecular formula is C16H28N2O. The molecule has 3 N–H and O–H groups in total. The van der Waals surface area contributed by atoms with Crippen LogP contribution in [0.5, 0.6) is 0 Å². The van der Waals surface area contributed by atoms with E-state index in [1.54, 1.807) is 0 Å². The zero-order valence-corrected chi connectivity index (χ0v) is 12.5. The van der Waals surface area contributed by atoms with Crippen LogP contribution in [0.4, 0.5) is 0 Å². The highest BCUT2D eigenvalue weighted by Gasteiger charge is 2.54. The Labute approximate surface area is 116 Å². The van der Waals surface area contributed by atoms with Crippen LogP contribution < -0.4 is 11.1 Å². The topological polar surface area (TPSA) is 55.1 Å². The van der Waals surface area contributed by atoms with Crippen molar-refractivity contribution in [3.05, 3.63) is 0 Å². The molecule has 19 heavy (non-hydrogen) atoms.